The van der Waals surface area contributed by atoms with Gasteiger partial charge in [0.15, 0.2) is 0 Å². The van der Waals surface area contributed by atoms with Gasteiger partial charge in [0.1, 0.15) is 0 Å². The van der Waals surface area contributed by atoms with Gasteiger partial charge in [-0.1, -0.05) is 20.8 Å². The molecule has 1 saturated carbocycles. The average molecular weight is 204 g/mol. The van der Waals surface area contributed by atoms with Gasteiger partial charge in [-0.2, -0.15) is 0 Å². The van der Waals surface area contributed by atoms with E-state index in [-0.39, 0.29) is 0 Å². The quantitative estimate of drug-likeness (QED) is 0.814. The van der Waals surface area contributed by atoms with Crippen molar-refractivity contribution in [3.8, 4) is 0 Å². The number of nitrogens with zero attached hydrogens (tertiary/aromatic N) is 1. The predicted octanol–water partition coefficient (Wildman–Crippen LogP) is 2.36. The van der Waals surface area contributed by atoms with Gasteiger partial charge in [0, 0.05) is 18.4 Å². The lowest BCUT2D eigenvalue weighted by atomic mass is 9.96. The number of rotatable bonds is 4. The Balaban J connectivity index is 1.95. The summed E-state index contributed by atoms with van der Waals surface area (Å²) in [4.78, 5) is 4.07. The molecule has 1 fully saturated rings. The zero-order valence-corrected chi connectivity index (χ0v) is 9.83. The summed E-state index contributed by atoms with van der Waals surface area (Å²) in [5.74, 6) is 0.794. The minimum atomic E-state index is 0.394. The maximum absolute atomic E-state index is 4.07. The Hall–Kier alpha value is -0.890. The molecule has 2 rings (SSSR count). The van der Waals surface area contributed by atoms with E-state index in [0.717, 1.165) is 12.5 Å². The number of hydrogen-bond donors (Lipinski definition) is 1. The SMILES string of the molecule is CC(C)NCC1CC1(C)c1ccncc1. The zero-order valence-electron chi connectivity index (χ0n) is 9.83. The first-order valence-corrected chi connectivity index (χ1v) is 5.77. The van der Waals surface area contributed by atoms with Crippen molar-refractivity contribution in [1.82, 2.24) is 10.3 Å². The molecule has 1 heterocycles. The van der Waals surface area contributed by atoms with Crippen molar-refractivity contribution in [3.05, 3.63) is 30.1 Å². The second-order valence-corrected chi connectivity index (χ2v) is 5.12. The van der Waals surface area contributed by atoms with Crippen LogP contribution in [0.5, 0.6) is 0 Å². The topological polar surface area (TPSA) is 24.9 Å². The second kappa shape index (κ2) is 3.93. The Labute approximate surface area is 92.1 Å². The molecule has 0 aromatic carbocycles. The monoisotopic (exact) mass is 204 g/mol. The van der Waals surface area contributed by atoms with Crippen LogP contribution in [0.4, 0.5) is 0 Å². The highest BCUT2D eigenvalue weighted by Gasteiger charge is 2.50. The first kappa shape index (κ1) is 10.6. The van der Waals surface area contributed by atoms with E-state index in [2.05, 4.69) is 43.2 Å². The minimum Gasteiger partial charge on any atom is -0.314 e. The number of nitrogens with one attached hydrogen (secondary N) is 1. The molecule has 2 atom stereocenters. The molecule has 2 unspecified atom stereocenters. The molecular weight excluding hydrogens is 184 g/mol. The van der Waals surface area contributed by atoms with E-state index in [0.29, 0.717) is 11.5 Å². The van der Waals surface area contributed by atoms with Crippen molar-refractivity contribution >= 4 is 0 Å². The molecule has 0 amide bonds. The van der Waals surface area contributed by atoms with Crippen LogP contribution in [0.25, 0.3) is 0 Å². The lowest BCUT2D eigenvalue weighted by Gasteiger charge is -2.13. The third-order valence-electron chi connectivity index (χ3n) is 3.52. The van der Waals surface area contributed by atoms with E-state index in [1.54, 1.807) is 0 Å². The van der Waals surface area contributed by atoms with E-state index in [1.165, 1.54) is 12.0 Å². The van der Waals surface area contributed by atoms with E-state index in [4.69, 9.17) is 0 Å². The van der Waals surface area contributed by atoms with Gasteiger partial charge in [-0.05, 0) is 42.0 Å². The average Bonchev–Trinajstić information content (AvgIpc) is 2.90. The van der Waals surface area contributed by atoms with Gasteiger partial charge >= 0.3 is 0 Å². The first-order valence-electron chi connectivity index (χ1n) is 5.77. The molecule has 2 nitrogen and oxygen atoms in total. The second-order valence-electron chi connectivity index (χ2n) is 5.12. The largest absolute Gasteiger partial charge is 0.314 e. The molecule has 1 N–H and O–H groups in total. The lowest BCUT2D eigenvalue weighted by Crippen LogP contribution is -2.26. The number of aromatic nitrogens is 1. The fourth-order valence-corrected chi connectivity index (χ4v) is 2.21. The van der Waals surface area contributed by atoms with Crippen LogP contribution in [0.1, 0.15) is 32.8 Å². The fourth-order valence-electron chi connectivity index (χ4n) is 2.21. The van der Waals surface area contributed by atoms with Gasteiger partial charge in [0.05, 0.1) is 0 Å². The molecule has 0 aliphatic heterocycles. The summed E-state index contributed by atoms with van der Waals surface area (Å²) in [5, 5.41) is 3.52. The van der Waals surface area contributed by atoms with Gasteiger partial charge < -0.3 is 5.32 Å². The molecule has 2 heteroatoms. The van der Waals surface area contributed by atoms with E-state index >= 15 is 0 Å². The highest BCUT2D eigenvalue weighted by molar-refractivity contribution is 5.30. The van der Waals surface area contributed by atoms with Crippen LogP contribution in [-0.4, -0.2) is 17.6 Å². The summed E-state index contributed by atoms with van der Waals surface area (Å²) >= 11 is 0. The normalized spacial score (nSPS) is 29.5. The third-order valence-corrected chi connectivity index (χ3v) is 3.52. The maximum Gasteiger partial charge on any atom is 0.0270 e. The fraction of sp³-hybridized carbons (Fsp3) is 0.615. The predicted molar refractivity (Wildman–Crippen MR) is 62.8 cm³/mol. The molecule has 82 valence electrons. The summed E-state index contributed by atoms with van der Waals surface area (Å²) in [6.07, 6.45) is 5.09. The summed E-state index contributed by atoms with van der Waals surface area (Å²) in [5.41, 5.74) is 1.83. The first-order chi connectivity index (χ1) is 7.13. The summed E-state index contributed by atoms with van der Waals surface area (Å²) in [6, 6.07) is 4.89. The number of pyridine rings is 1. The van der Waals surface area contributed by atoms with E-state index < -0.39 is 0 Å². The smallest absolute Gasteiger partial charge is 0.0270 e. The van der Waals surface area contributed by atoms with Crippen molar-refractivity contribution in [2.75, 3.05) is 6.54 Å². The molecule has 0 bridgehead atoms. The van der Waals surface area contributed by atoms with Gasteiger partial charge in [-0.3, -0.25) is 4.98 Å². The summed E-state index contributed by atoms with van der Waals surface area (Å²) in [6.45, 7) is 7.89. The standard InChI is InChI=1S/C13H20N2/c1-10(2)15-9-12-8-13(12,3)11-4-6-14-7-5-11/h4-7,10,12,15H,8-9H2,1-3H3. The van der Waals surface area contributed by atoms with E-state index in [9.17, 15) is 0 Å². The Kier molecular flexibility index (Phi) is 2.79. The van der Waals surface area contributed by atoms with Gasteiger partial charge in [-0.15, -0.1) is 0 Å². The van der Waals surface area contributed by atoms with Crippen LogP contribution in [0.3, 0.4) is 0 Å². The Morgan fingerprint density at radius 2 is 2.13 bits per heavy atom. The molecular formula is C13H20N2. The molecule has 0 radical (unpaired) electrons. The Morgan fingerprint density at radius 3 is 2.73 bits per heavy atom. The van der Waals surface area contributed by atoms with Crippen LogP contribution in [0, 0.1) is 5.92 Å². The highest BCUT2D eigenvalue weighted by atomic mass is 14.9. The van der Waals surface area contributed by atoms with Gasteiger partial charge in [-0.25, -0.2) is 0 Å². The molecule has 15 heavy (non-hydrogen) atoms. The Bertz CT molecular complexity index is 321. The van der Waals surface area contributed by atoms with Crippen molar-refractivity contribution in [2.24, 2.45) is 5.92 Å². The molecule has 0 saturated heterocycles. The van der Waals surface area contributed by atoms with E-state index in [1.807, 2.05) is 12.4 Å². The van der Waals surface area contributed by atoms with Crippen molar-refractivity contribution in [1.29, 1.82) is 0 Å². The van der Waals surface area contributed by atoms with Crippen LogP contribution in [0.15, 0.2) is 24.5 Å². The van der Waals surface area contributed by atoms with Crippen LogP contribution >= 0.6 is 0 Å². The van der Waals surface area contributed by atoms with Gasteiger partial charge in [0.25, 0.3) is 0 Å². The van der Waals surface area contributed by atoms with Crippen molar-refractivity contribution in [2.45, 2.75) is 38.6 Å². The minimum absolute atomic E-state index is 0.394. The van der Waals surface area contributed by atoms with Gasteiger partial charge in [0.2, 0.25) is 0 Å². The molecule has 0 spiro atoms. The van der Waals surface area contributed by atoms with Crippen LogP contribution in [0.2, 0.25) is 0 Å². The third kappa shape index (κ3) is 2.20. The maximum atomic E-state index is 4.07. The molecule has 1 aromatic rings. The number of hydrogen-bond acceptors (Lipinski definition) is 2. The van der Waals surface area contributed by atoms with Crippen molar-refractivity contribution < 1.29 is 0 Å². The zero-order chi connectivity index (χ0) is 10.9. The molecule has 1 aliphatic rings. The molecule has 1 aromatic heterocycles. The highest BCUT2D eigenvalue weighted by Crippen LogP contribution is 2.53. The Morgan fingerprint density at radius 1 is 1.47 bits per heavy atom. The van der Waals surface area contributed by atoms with Crippen LogP contribution < -0.4 is 5.32 Å². The van der Waals surface area contributed by atoms with Crippen molar-refractivity contribution in [3.63, 3.8) is 0 Å². The van der Waals surface area contributed by atoms with Crippen LogP contribution in [-0.2, 0) is 5.41 Å². The summed E-state index contributed by atoms with van der Waals surface area (Å²) in [7, 11) is 0. The lowest BCUT2D eigenvalue weighted by molar-refractivity contribution is 0.528. The molecule has 1 aliphatic carbocycles. The summed E-state index contributed by atoms with van der Waals surface area (Å²) < 4.78 is 0.